The SMILES string of the molecule is CCNC(=O)[C@@H](C)NC(=O)COC(=O)c1c2c(nc3ccccc13)CCCC2. The Balaban J connectivity index is 1.75. The fraction of sp³-hybridized carbons (Fsp3) is 0.429. The molecule has 7 heteroatoms. The number of ether oxygens (including phenoxy) is 1. The molecule has 0 aliphatic heterocycles. The second-order valence-corrected chi connectivity index (χ2v) is 6.90. The number of hydrogen-bond donors (Lipinski definition) is 2. The van der Waals surface area contributed by atoms with Crippen molar-refractivity contribution in [2.75, 3.05) is 13.2 Å². The van der Waals surface area contributed by atoms with Crippen LogP contribution in [-0.4, -0.2) is 42.0 Å². The molecule has 3 rings (SSSR count). The highest BCUT2D eigenvalue weighted by molar-refractivity contribution is 6.05. The predicted molar refractivity (Wildman–Crippen MR) is 105 cm³/mol. The van der Waals surface area contributed by atoms with E-state index < -0.39 is 24.5 Å². The van der Waals surface area contributed by atoms with Gasteiger partial charge >= 0.3 is 5.97 Å². The number of carbonyl (C=O) groups is 3. The number of nitrogens with one attached hydrogen (secondary N) is 2. The van der Waals surface area contributed by atoms with Crippen LogP contribution >= 0.6 is 0 Å². The van der Waals surface area contributed by atoms with Crippen LogP contribution in [0.5, 0.6) is 0 Å². The molecule has 0 saturated carbocycles. The lowest BCUT2D eigenvalue weighted by Crippen LogP contribution is -2.46. The van der Waals surface area contributed by atoms with Crippen molar-refractivity contribution in [3.8, 4) is 0 Å². The number of aryl methyl sites for hydroxylation is 1. The number of likely N-dealkylation sites (N-methyl/N-ethyl adjacent to an activating group) is 1. The number of hydrogen-bond acceptors (Lipinski definition) is 5. The lowest BCUT2D eigenvalue weighted by atomic mass is 9.90. The van der Waals surface area contributed by atoms with Crippen molar-refractivity contribution in [3.63, 3.8) is 0 Å². The third kappa shape index (κ3) is 4.30. The maximum Gasteiger partial charge on any atom is 0.339 e. The molecule has 148 valence electrons. The molecule has 1 heterocycles. The molecule has 1 aliphatic rings. The van der Waals surface area contributed by atoms with Gasteiger partial charge in [0, 0.05) is 17.6 Å². The lowest BCUT2D eigenvalue weighted by molar-refractivity contribution is -0.130. The summed E-state index contributed by atoms with van der Waals surface area (Å²) in [5.41, 5.74) is 3.12. The zero-order valence-corrected chi connectivity index (χ0v) is 16.2. The number of esters is 1. The quantitative estimate of drug-likeness (QED) is 0.743. The van der Waals surface area contributed by atoms with Crippen LogP contribution in [0.1, 0.15) is 48.3 Å². The molecule has 1 aromatic carbocycles. The average Bonchev–Trinajstić information content (AvgIpc) is 2.70. The third-order valence-electron chi connectivity index (χ3n) is 4.83. The Morgan fingerprint density at radius 1 is 1.18 bits per heavy atom. The van der Waals surface area contributed by atoms with E-state index in [1.165, 1.54) is 0 Å². The van der Waals surface area contributed by atoms with Gasteiger partial charge in [-0.2, -0.15) is 0 Å². The number of rotatable bonds is 6. The van der Waals surface area contributed by atoms with Gasteiger partial charge in [0.15, 0.2) is 6.61 Å². The molecule has 0 radical (unpaired) electrons. The molecular formula is C21H25N3O4. The Kier molecular flexibility index (Phi) is 6.23. The number of pyridine rings is 1. The van der Waals surface area contributed by atoms with E-state index in [2.05, 4.69) is 10.6 Å². The number of nitrogens with zero attached hydrogens (tertiary/aromatic N) is 1. The van der Waals surface area contributed by atoms with Crippen LogP contribution in [0.3, 0.4) is 0 Å². The summed E-state index contributed by atoms with van der Waals surface area (Å²) in [5.74, 6) is -1.33. The Morgan fingerprint density at radius 3 is 2.71 bits per heavy atom. The van der Waals surface area contributed by atoms with Crippen LogP contribution in [0.15, 0.2) is 24.3 Å². The summed E-state index contributed by atoms with van der Waals surface area (Å²) >= 11 is 0. The minimum absolute atomic E-state index is 0.281. The molecule has 0 bridgehead atoms. The summed E-state index contributed by atoms with van der Waals surface area (Å²) in [6.07, 6.45) is 3.66. The molecule has 0 unspecified atom stereocenters. The summed E-state index contributed by atoms with van der Waals surface area (Å²) in [7, 11) is 0. The Labute approximate surface area is 163 Å². The lowest BCUT2D eigenvalue weighted by Gasteiger charge is -2.20. The monoisotopic (exact) mass is 383 g/mol. The van der Waals surface area contributed by atoms with Crippen LogP contribution in [0, 0.1) is 0 Å². The summed E-state index contributed by atoms with van der Waals surface area (Å²) in [6.45, 7) is 3.42. The second-order valence-electron chi connectivity index (χ2n) is 6.90. The van der Waals surface area contributed by atoms with Gasteiger partial charge in [0.05, 0.1) is 11.1 Å². The summed E-state index contributed by atoms with van der Waals surface area (Å²) < 4.78 is 5.29. The molecule has 28 heavy (non-hydrogen) atoms. The highest BCUT2D eigenvalue weighted by atomic mass is 16.5. The molecule has 0 spiro atoms. The van der Waals surface area contributed by atoms with E-state index in [4.69, 9.17) is 9.72 Å². The predicted octanol–water partition coefficient (Wildman–Crippen LogP) is 1.91. The molecule has 1 atom stereocenters. The summed E-state index contributed by atoms with van der Waals surface area (Å²) in [6, 6.07) is 6.78. The molecular weight excluding hydrogens is 358 g/mol. The molecule has 7 nitrogen and oxygen atoms in total. The van der Waals surface area contributed by atoms with Crippen molar-refractivity contribution in [1.29, 1.82) is 0 Å². The molecule has 2 aromatic rings. The number of fused-ring (bicyclic) bond motifs is 2. The van der Waals surface area contributed by atoms with Gasteiger partial charge in [-0.3, -0.25) is 14.6 Å². The topological polar surface area (TPSA) is 97.4 Å². The van der Waals surface area contributed by atoms with Crippen LogP contribution in [-0.2, 0) is 27.2 Å². The van der Waals surface area contributed by atoms with Gasteiger partial charge in [-0.25, -0.2) is 4.79 Å². The number of para-hydroxylation sites is 1. The summed E-state index contributed by atoms with van der Waals surface area (Å²) in [4.78, 5) is 41.3. The number of benzene rings is 1. The molecule has 1 aliphatic carbocycles. The van der Waals surface area contributed by atoms with E-state index in [9.17, 15) is 14.4 Å². The molecule has 0 saturated heterocycles. The van der Waals surface area contributed by atoms with Gasteiger partial charge in [-0.05, 0) is 51.2 Å². The molecule has 1 aromatic heterocycles. The number of amides is 2. The minimum Gasteiger partial charge on any atom is -0.452 e. The summed E-state index contributed by atoms with van der Waals surface area (Å²) in [5, 5.41) is 5.90. The first-order chi connectivity index (χ1) is 13.5. The Hall–Kier alpha value is -2.96. The van der Waals surface area contributed by atoms with E-state index >= 15 is 0 Å². The van der Waals surface area contributed by atoms with Crippen molar-refractivity contribution in [2.24, 2.45) is 0 Å². The fourth-order valence-electron chi connectivity index (χ4n) is 3.49. The van der Waals surface area contributed by atoms with Crippen LogP contribution < -0.4 is 10.6 Å². The van der Waals surface area contributed by atoms with E-state index in [0.717, 1.165) is 47.8 Å². The normalized spacial score (nSPS) is 14.1. The standard InChI is InChI=1S/C21H25N3O4/c1-3-22-20(26)13(2)23-18(25)12-28-21(27)19-14-8-4-6-10-16(14)24-17-11-7-5-9-15(17)19/h4,6,8,10,13H,3,5,7,9,11-12H2,1-2H3,(H,22,26)(H,23,25)/t13-/m1/s1. The van der Waals surface area contributed by atoms with E-state index in [-0.39, 0.29) is 5.91 Å². The van der Waals surface area contributed by atoms with Crippen molar-refractivity contribution in [3.05, 3.63) is 41.1 Å². The van der Waals surface area contributed by atoms with Gasteiger partial charge in [-0.1, -0.05) is 18.2 Å². The first kappa shape index (κ1) is 19.8. The van der Waals surface area contributed by atoms with Gasteiger partial charge in [0.1, 0.15) is 6.04 Å². The van der Waals surface area contributed by atoms with Crippen LogP contribution in [0.25, 0.3) is 10.9 Å². The molecule has 2 N–H and O–H groups in total. The number of carbonyl (C=O) groups excluding carboxylic acids is 3. The zero-order chi connectivity index (χ0) is 20.1. The van der Waals surface area contributed by atoms with Gasteiger partial charge in [0.25, 0.3) is 5.91 Å². The maximum absolute atomic E-state index is 12.8. The highest BCUT2D eigenvalue weighted by Crippen LogP contribution is 2.29. The Bertz CT molecular complexity index is 910. The zero-order valence-electron chi connectivity index (χ0n) is 16.2. The maximum atomic E-state index is 12.8. The first-order valence-electron chi connectivity index (χ1n) is 9.66. The third-order valence-corrected chi connectivity index (χ3v) is 4.83. The van der Waals surface area contributed by atoms with Gasteiger partial charge in [-0.15, -0.1) is 0 Å². The van der Waals surface area contributed by atoms with E-state index in [0.29, 0.717) is 12.1 Å². The second kappa shape index (κ2) is 8.82. The van der Waals surface area contributed by atoms with Crippen molar-refractivity contribution in [1.82, 2.24) is 15.6 Å². The fourth-order valence-corrected chi connectivity index (χ4v) is 3.49. The largest absolute Gasteiger partial charge is 0.452 e. The molecule has 0 fully saturated rings. The highest BCUT2D eigenvalue weighted by Gasteiger charge is 2.24. The van der Waals surface area contributed by atoms with Gasteiger partial charge < -0.3 is 15.4 Å². The first-order valence-corrected chi connectivity index (χ1v) is 9.66. The van der Waals surface area contributed by atoms with Crippen LogP contribution in [0.4, 0.5) is 0 Å². The van der Waals surface area contributed by atoms with Crippen LogP contribution in [0.2, 0.25) is 0 Å². The Morgan fingerprint density at radius 2 is 1.93 bits per heavy atom. The van der Waals surface area contributed by atoms with Crippen molar-refractivity contribution in [2.45, 2.75) is 45.6 Å². The minimum atomic E-state index is -0.694. The van der Waals surface area contributed by atoms with Crippen molar-refractivity contribution < 1.29 is 19.1 Å². The smallest absolute Gasteiger partial charge is 0.339 e. The van der Waals surface area contributed by atoms with E-state index in [1.807, 2.05) is 24.3 Å². The van der Waals surface area contributed by atoms with Crippen molar-refractivity contribution >= 4 is 28.7 Å². The number of aromatic nitrogens is 1. The van der Waals surface area contributed by atoms with E-state index in [1.54, 1.807) is 13.8 Å². The van der Waals surface area contributed by atoms with Gasteiger partial charge in [0.2, 0.25) is 5.91 Å². The molecule has 2 amide bonds. The average molecular weight is 383 g/mol.